The first-order valence-corrected chi connectivity index (χ1v) is 5.87. The number of carbonyl (C=O) groups is 1. The van der Waals surface area contributed by atoms with Crippen LogP contribution in [0.1, 0.15) is 23.4 Å². The van der Waals surface area contributed by atoms with E-state index in [1.54, 1.807) is 6.07 Å². The molecule has 3 rings (SSSR count). The van der Waals surface area contributed by atoms with E-state index in [1.165, 1.54) is 12.1 Å². The lowest BCUT2D eigenvalue weighted by molar-refractivity contribution is 0.0942. The summed E-state index contributed by atoms with van der Waals surface area (Å²) in [5, 5.41) is 0.621. The third-order valence-electron chi connectivity index (χ3n) is 2.73. The van der Waals surface area contributed by atoms with E-state index in [1.807, 2.05) is 0 Å². The van der Waals surface area contributed by atoms with Crippen LogP contribution in [0.15, 0.2) is 27.1 Å². The van der Waals surface area contributed by atoms with Gasteiger partial charge in [-0.1, -0.05) is 0 Å². The fourth-order valence-corrected chi connectivity index (χ4v) is 2.27. The van der Waals surface area contributed by atoms with Gasteiger partial charge in [0.15, 0.2) is 5.76 Å². The quantitative estimate of drug-likeness (QED) is 0.782. The summed E-state index contributed by atoms with van der Waals surface area (Å²) in [5.41, 5.74) is 0.533. The summed E-state index contributed by atoms with van der Waals surface area (Å²) in [7, 11) is 0. The van der Waals surface area contributed by atoms with Crippen LogP contribution in [0, 0.1) is 11.7 Å². The van der Waals surface area contributed by atoms with Gasteiger partial charge in [0.05, 0.1) is 4.47 Å². The second-order valence-corrected chi connectivity index (χ2v) is 4.91. The van der Waals surface area contributed by atoms with Gasteiger partial charge in [-0.15, -0.1) is 0 Å². The molecule has 0 spiro atoms. The van der Waals surface area contributed by atoms with Gasteiger partial charge in [-0.25, -0.2) is 4.39 Å². The molecule has 0 bridgehead atoms. The first-order valence-electron chi connectivity index (χ1n) is 5.08. The fraction of sp³-hybridized carbons (Fsp3) is 0.250. The molecule has 1 saturated carbocycles. The summed E-state index contributed by atoms with van der Waals surface area (Å²) in [4.78, 5) is 11.8. The van der Waals surface area contributed by atoms with Crippen molar-refractivity contribution in [1.29, 1.82) is 0 Å². The van der Waals surface area contributed by atoms with Crippen LogP contribution in [0.25, 0.3) is 11.0 Å². The zero-order chi connectivity index (χ0) is 11.3. The summed E-state index contributed by atoms with van der Waals surface area (Å²) in [5.74, 6) is 0.141. The van der Waals surface area contributed by atoms with E-state index < -0.39 is 0 Å². The van der Waals surface area contributed by atoms with Crippen molar-refractivity contribution in [2.45, 2.75) is 12.8 Å². The molecule has 16 heavy (non-hydrogen) atoms. The van der Waals surface area contributed by atoms with Crippen molar-refractivity contribution in [2.75, 3.05) is 0 Å². The molecule has 0 atom stereocenters. The average Bonchev–Trinajstić information content (AvgIpc) is 2.97. The molecule has 0 unspecified atom stereocenters. The normalized spacial score (nSPS) is 15.6. The number of furan rings is 1. The van der Waals surface area contributed by atoms with Gasteiger partial charge in [0.2, 0.25) is 5.78 Å². The molecule has 0 N–H and O–H groups in total. The van der Waals surface area contributed by atoms with Crippen molar-refractivity contribution in [1.82, 2.24) is 0 Å². The molecule has 1 heterocycles. The minimum Gasteiger partial charge on any atom is -0.452 e. The summed E-state index contributed by atoms with van der Waals surface area (Å²) in [6.07, 6.45) is 1.87. The topological polar surface area (TPSA) is 30.2 Å². The molecule has 1 aromatic heterocycles. The number of ketones is 1. The third kappa shape index (κ3) is 1.57. The van der Waals surface area contributed by atoms with Gasteiger partial charge in [-0.2, -0.15) is 0 Å². The van der Waals surface area contributed by atoms with Crippen LogP contribution in [0.2, 0.25) is 0 Å². The lowest BCUT2D eigenvalue weighted by Gasteiger charge is -1.93. The van der Waals surface area contributed by atoms with Gasteiger partial charge in [0.1, 0.15) is 11.4 Å². The maximum atomic E-state index is 13.1. The highest BCUT2D eigenvalue weighted by atomic mass is 79.9. The number of Topliss-reactive ketones (excluding diaryl/α,β-unsaturated/α-hetero) is 1. The number of carbonyl (C=O) groups excluding carboxylic acids is 1. The van der Waals surface area contributed by atoms with E-state index in [0.29, 0.717) is 21.2 Å². The van der Waals surface area contributed by atoms with E-state index in [0.717, 1.165) is 12.8 Å². The van der Waals surface area contributed by atoms with E-state index >= 15 is 0 Å². The van der Waals surface area contributed by atoms with Crippen molar-refractivity contribution < 1.29 is 13.6 Å². The monoisotopic (exact) mass is 282 g/mol. The van der Waals surface area contributed by atoms with Crippen LogP contribution >= 0.6 is 15.9 Å². The molecule has 0 saturated heterocycles. The standard InChI is InChI=1S/C12H8BrFO2/c13-9-5-8(14)3-7-4-10(16-12(7)9)11(15)6-1-2-6/h3-6H,1-2H2. The lowest BCUT2D eigenvalue weighted by atomic mass is 10.2. The Morgan fingerprint density at radius 1 is 1.38 bits per heavy atom. The first kappa shape index (κ1) is 10.0. The Bertz CT molecular complexity index is 584. The van der Waals surface area contributed by atoms with Crippen LogP contribution in [-0.2, 0) is 0 Å². The first-order chi connectivity index (χ1) is 7.65. The summed E-state index contributed by atoms with van der Waals surface area (Å²) in [6, 6.07) is 4.31. The Balaban J connectivity index is 2.14. The van der Waals surface area contributed by atoms with E-state index in [4.69, 9.17) is 4.42 Å². The molecule has 1 fully saturated rings. The third-order valence-corrected chi connectivity index (χ3v) is 3.32. The predicted molar refractivity (Wildman–Crippen MR) is 60.9 cm³/mol. The van der Waals surface area contributed by atoms with Crippen LogP contribution in [0.3, 0.4) is 0 Å². The molecule has 1 aromatic carbocycles. The summed E-state index contributed by atoms with van der Waals surface area (Å²) in [6.45, 7) is 0. The molecule has 1 aliphatic rings. The lowest BCUT2D eigenvalue weighted by Crippen LogP contribution is -1.98. The molecular weight excluding hydrogens is 275 g/mol. The maximum absolute atomic E-state index is 13.1. The zero-order valence-electron chi connectivity index (χ0n) is 8.30. The van der Waals surface area contributed by atoms with Crippen LogP contribution in [-0.4, -0.2) is 5.78 Å². The highest BCUT2D eigenvalue weighted by Gasteiger charge is 2.32. The average molecular weight is 283 g/mol. The summed E-state index contributed by atoms with van der Waals surface area (Å²) < 4.78 is 19.1. The summed E-state index contributed by atoms with van der Waals surface area (Å²) >= 11 is 3.22. The second kappa shape index (κ2) is 3.42. The van der Waals surface area contributed by atoms with Crippen molar-refractivity contribution >= 4 is 32.7 Å². The highest BCUT2D eigenvalue weighted by molar-refractivity contribution is 9.10. The molecule has 0 radical (unpaired) electrons. The van der Waals surface area contributed by atoms with E-state index in [-0.39, 0.29) is 17.5 Å². The molecule has 2 nitrogen and oxygen atoms in total. The number of halogens is 2. The highest BCUT2D eigenvalue weighted by Crippen LogP contribution is 2.35. The van der Waals surface area contributed by atoms with E-state index in [9.17, 15) is 9.18 Å². The number of hydrogen-bond acceptors (Lipinski definition) is 2. The van der Waals surface area contributed by atoms with Gasteiger partial charge in [-0.05, 0) is 47.0 Å². The van der Waals surface area contributed by atoms with Crippen molar-refractivity contribution in [2.24, 2.45) is 5.92 Å². The van der Waals surface area contributed by atoms with Gasteiger partial charge in [0.25, 0.3) is 0 Å². The predicted octanol–water partition coefficient (Wildman–Crippen LogP) is 3.93. The molecule has 1 aliphatic carbocycles. The Hall–Kier alpha value is -1.16. The van der Waals surface area contributed by atoms with Gasteiger partial charge in [0, 0.05) is 11.3 Å². The molecule has 0 aliphatic heterocycles. The fourth-order valence-electron chi connectivity index (χ4n) is 1.74. The molecule has 82 valence electrons. The van der Waals surface area contributed by atoms with Crippen LogP contribution in [0.4, 0.5) is 4.39 Å². The largest absolute Gasteiger partial charge is 0.452 e. The number of hydrogen-bond donors (Lipinski definition) is 0. The van der Waals surface area contributed by atoms with Gasteiger partial charge >= 0.3 is 0 Å². The van der Waals surface area contributed by atoms with E-state index in [2.05, 4.69) is 15.9 Å². The Morgan fingerprint density at radius 2 is 2.12 bits per heavy atom. The Kier molecular flexibility index (Phi) is 2.14. The molecular formula is C12H8BrFO2. The second-order valence-electron chi connectivity index (χ2n) is 4.06. The minimum atomic E-state index is -0.342. The zero-order valence-corrected chi connectivity index (χ0v) is 9.88. The van der Waals surface area contributed by atoms with Crippen molar-refractivity contribution in [3.63, 3.8) is 0 Å². The van der Waals surface area contributed by atoms with Crippen LogP contribution in [0.5, 0.6) is 0 Å². The van der Waals surface area contributed by atoms with Gasteiger partial charge < -0.3 is 4.42 Å². The number of benzene rings is 1. The molecule has 2 aromatic rings. The number of rotatable bonds is 2. The van der Waals surface area contributed by atoms with Crippen LogP contribution < -0.4 is 0 Å². The number of fused-ring (bicyclic) bond motifs is 1. The molecule has 4 heteroatoms. The minimum absolute atomic E-state index is 0.0310. The smallest absolute Gasteiger partial charge is 0.201 e. The van der Waals surface area contributed by atoms with Crippen molar-refractivity contribution in [3.8, 4) is 0 Å². The Morgan fingerprint density at radius 3 is 2.81 bits per heavy atom. The SMILES string of the molecule is O=C(c1cc2cc(F)cc(Br)c2o1)C1CC1. The maximum Gasteiger partial charge on any atom is 0.201 e. The molecule has 0 amide bonds. The Labute approximate surface area is 99.6 Å². The van der Waals surface area contributed by atoms with Gasteiger partial charge in [-0.3, -0.25) is 4.79 Å². The van der Waals surface area contributed by atoms with Crippen molar-refractivity contribution in [3.05, 3.63) is 34.2 Å².